The van der Waals surface area contributed by atoms with Crippen LogP contribution in [0, 0.1) is 0 Å². The van der Waals surface area contributed by atoms with Crippen LogP contribution in [-0.4, -0.2) is 31.1 Å². The third-order valence-electron chi connectivity index (χ3n) is 1.00. The van der Waals surface area contributed by atoms with E-state index in [4.69, 9.17) is 0 Å². The molecule has 0 fully saturated rings. The quantitative estimate of drug-likeness (QED) is 0.547. The van der Waals surface area contributed by atoms with Gasteiger partial charge in [0.25, 0.3) is 0 Å². The van der Waals surface area contributed by atoms with Gasteiger partial charge in [-0.1, -0.05) is 6.92 Å². The summed E-state index contributed by atoms with van der Waals surface area (Å²) in [5.41, 5.74) is 0. The van der Waals surface area contributed by atoms with E-state index in [2.05, 4.69) is 4.74 Å². The van der Waals surface area contributed by atoms with Gasteiger partial charge >= 0.3 is 6.09 Å². The summed E-state index contributed by atoms with van der Waals surface area (Å²) in [6.45, 7) is 2.29. The second kappa shape index (κ2) is 4.78. The molecule has 0 bridgehead atoms. The number of carbonyl (C=O) groups is 2. The number of imide groups is 1. The largest absolute Gasteiger partial charge is 0.452 e. The van der Waals surface area contributed by atoms with Crippen LogP contribution in [0.2, 0.25) is 0 Å². The molecule has 0 spiro atoms. The van der Waals surface area contributed by atoms with E-state index < -0.39 is 6.09 Å². The van der Waals surface area contributed by atoms with Gasteiger partial charge in [-0.3, -0.25) is 9.69 Å². The van der Waals surface area contributed by atoms with Crippen molar-refractivity contribution in [1.29, 1.82) is 0 Å². The highest BCUT2D eigenvalue weighted by Gasteiger charge is 2.09. The Labute approximate surface area is 59.8 Å². The summed E-state index contributed by atoms with van der Waals surface area (Å²) in [4.78, 5) is 21.7. The van der Waals surface area contributed by atoms with Crippen LogP contribution < -0.4 is 0 Å². The monoisotopic (exact) mass is 145 g/mol. The van der Waals surface area contributed by atoms with Crippen LogP contribution in [-0.2, 0) is 9.53 Å². The molecule has 0 saturated heterocycles. The molecule has 0 saturated carbocycles. The summed E-state index contributed by atoms with van der Waals surface area (Å²) in [6, 6.07) is 0. The second-order valence-electron chi connectivity index (χ2n) is 1.77. The summed E-state index contributed by atoms with van der Waals surface area (Å²) >= 11 is 0. The number of nitrogens with zero attached hydrogens (tertiary/aromatic N) is 1. The number of amides is 2. The van der Waals surface area contributed by atoms with Crippen molar-refractivity contribution in [1.82, 2.24) is 4.90 Å². The fourth-order valence-electron chi connectivity index (χ4n) is 0.545. The molecule has 0 aromatic rings. The molecule has 0 aromatic heterocycles. The van der Waals surface area contributed by atoms with E-state index in [1.54, 1.807) is 0 Å². The van der Waals surface area contributed by atoms with Gasteiger partial charge in [-0.15, -0.1) is 0 Å². The summed E-state index contributed by atoms with van der Waals surface area (Å²) in [7, 11) is 1.24. The van der Waals surface area contributed by atoms with Gasteiger partial charge in [0, 0.05) is 6.54 Å². The molecule has 0 aliphatic carbocycles. The van der Waals surface area contributed by atoms with Crippen molar-refractivity contribution in [2.75, 3.05) is 13.7 Å². The molecule has 0 N–H and O–H groups in total. The smallest absolute Gasteiger partial charge is 0.416 e. The molecular weight excluding hydrogens is 134 g/mol. The number of carbonyl (C=O) groups excluding carboxylic acids is 2. The molecule has 10 heavy (non-hydrogen) atoms. The molecule has 0 aromatic carbocycles. The van der Waals surface area contributed by atoms with Crippen molar-refractivity contribution in [2.24, 2.45) is 0 Å². The lowest BCUT2D eigenvalue weighted by Crippen LogP contribution is -2.29. The van der Waals surface area contributed by atoms with E-state index in [0.717, 1.165) is 11.3 Å². The maximum absolute atomic E-state index is 10.6. The second-order valence-corrected chi connectivity index (χ2v) is 1.77. The molecule has 0 heterocycles. The zero-order valence-electron chi connectivity index (χ0n) is 6.16. The van der Waals surface area contributed by atoms with Gasteiger partial charge in [-0.05, 0) is 6.42 Å². The van der Waals surface area contributed by atoms with E-state index in [1.165, 1.54) is 7.11 Å². The van der Waals surface area contributed by atoms with Crippen molar-refractivity contribution < 1.29 is 14.3 Å². The van der Waals surface area contributed by atoms with Gasteiger partial charge in [-0.25, -0.2) is 4.79 Å². The molecular formula is C6H11NO3. The standard InChI is InChI=1S/C6H11NO3/c1-3-4-7(5-8)6(9)10-2/h5H,3-4H2,1-2H3. The zero-order valence-corrected chi connectivity index (χ0v) is 6.16. The third kappa shape index (κ3) is 2.48. The van der Waals surface area contributed by atoms with E-state index in [0.29, 0.717) is 13.0 Å². The van der Waals surface area contributed by atoms with Crippen LogP contribution >= 0.6 is 0 Å². The maximum atomic E-state index is 10.6. The molecule has 0 aliphatic heterocycles. The fraction of sp³-hybridized carbons (Fsp3) is 0.667. The Balaban J connectivity index is 3.80. The first-order chi connectivity index (χ1) is 4.76. The Morgan fingerprint density at radius 1 is 1.70 bits per heavy atom. The average Bonchev–Trinajstić information content (AvgIpc) is 1.99. The van der Waals surface area contributed by atoms with Crippen LogP contribution in [0.25, 0.3) is 0 Å². The zero-order chi connectivity index (χ0) is 7.98. The Bertz CT molecular complexity index is 124. The van der Waals surface area contributed by atoms with Gasteiger partial charge in [-0.2, -0.15) is 0 Å². The van der Waals surface area contributed by atoms with Gasteiger partial charge in [0.05, 0.1) is 7.11 Å². The first kappa shape index (κ1) is 8.94. The first-order valence-corrected chi connectivity index (χ1v) is 3.06. The van der Waals surface area contributed by atoms with Crippen molar-refractivity contribution >= 4 is 12.5 Å². The third-order valence-corrected chi connectivity index (χ3v) is 1.00. The number of rotatable bonds is 3. The van der Waals surface area contributed by atoms with E-state index >= 15 is 0 Å². The summed E-state index contributed by atoms with van der Waals surface area (Å²) < 4.78 is 4.31. The minimum atomic E-state index is -0.600. The lowest BCUT2D eigenvalue weighted by molar-refractivity contribution is -0.116. The van der Waals surface area contributed by atoms with Crippen molar-refractivity contribution in [3.05, 3.63) is 0 Å². The highest BCUT2D eigenvalue weighted by atomic mass is 16.5. The minimum absolute atomic E-state index is 0.413. The van der Waals surface area contributed by atoms with Gasteiger partial charge in [0.2, 0.25) is 6.41 Å². The van der Waals surface area contributed by atoms with E-state index in [-0.39, 0.29) is 0 Å². The van der Waals surface area contributed by atoms with E-state index in [1.807, 2.05) is 6.92 Å². The van der Waals surface area contributed by atoms with Gasteiger partial charge < -0.3 is 4.74 Å². The van der Waals surface area contributed by atoms with Crippen molar-refractivity contribution in [2.45, 2.75) is 13.3 Å². The van der Waals surface area contributed by atoms with Crippen LogP contribution in [0.15, 0.2) is 0 Å². The molecule has 0 rings (SSSR count). The predicted octanol–water partition coefficient (Wildman–Crippen LogP) is 0.621. The number of hydrogen-bond acceptors (Lipinski definition) is 3. The Kier molecular flexibility index (Phi) is 4.28. The minimum Gasteiger partial charge on any atom is -0.452 e. The lowest BCUT2D eigenvalue weighted by atomic mass is 10.4. The van der Waals surface area contributed by atoms with Crippen LogP contribution in [0.1, 0.15) is 13.3 Å². The number of hydrogen-bond donors (Lipinski definition) is 0. The summed E-state index contributed by atoms with van der Waals surface area (Å²) in [5, 5.41) is 0. The maximum Gasteiger partial charge on any atom is 0.416 e. The molecule has 4 heteroatoms. The van der Waals surface area contributed by atoms with Crippen LogP contribution in [0.5, 0.6) is 0 Å². The molecule has 0 unspecified atom stereocenters. The lowest BCUT2D eigenvalue weighted by Gasteiger charge is -2.11. The summed E-state index contributed by atoms with van der Waals surface area (Å²) in [5.74, 6) is 0. The molecule has 0 atom stereocenters. The highest BCUT2D eigenvalue weighted by molar-refractivity contribution is 5.79. The number of ether oxygens (including phenoxy) is 1. The normalized spacial score (nSPS) is 8.60. The number of methoxy groups -OCH3 is 1. The Hall–Kier alpha value is -1.06. The Morgan fingerprint density at radius 2 is 2.30 bits per heavy atom. The molecule has 58 valence electrons. The van der Waals surface area contributed by atoms with Crippen molar-refractivity contribution in [3.8, 4) is 0 Å². The predicted molar refractivity (Wildman–Crippen MR) is 35.5 cm³/mol. The molecule has 0 radical (unpaired) electrons. The van der Waals surface area contributed by atoms with E-state index in [9.17, 15) is 9.59 Å². The first-order valence-electron chi connectivity index (χ1n) is 3.06. The molecule has 0 aliphatic rings. The SMILES string of the molecule is CCCN(C=O)C(=O)OC. The molecule has 4 nitrogen and oxygen atoms in total. The summed E-state index contributed by atoms with van der Waals surface area (Å²) in [6.07, 6.45) is 0.611. The average molecular weight is 145 g/mol. The van der Waals surface area contributed by atoms with Crippen LogP contribution in [0.4, 0.5) is 4.79 Å². The van der Waals surface area contributed by atoms with Crippen LogP contribution in [0.3, 0.4) is 0 Å². The molecule has 2 amide bonds. The fourth-order valence-corrected chi connectivity index (χ4v) is 0.545. The van der Waals surface area contributed by atoms with Crippen molar-refractivity contribution in [3.63, 3.8) is 0 Å². The van der Waals surface area contributed by atoms with Gasteiger partial charge in [0.15, 0.2) is 0 Å². The van der Waals surface area contributed by atoms with Gasteiger partial charge in [0.1, 0.15) is 0 Å². The Morgan fingerprint density at radius 3 is 2.60 bits per heavy atom. The highest BCUT2D eigenvalue weighted by Crippen LogP contribution is 1.89. The topological polar surface area (TPSA) is 46.6 Å².